The number of pyridine rings is 1. The van der Waals surface area contributed by atoms with Crippen molar-refractivity contribution in [1.29, 1.82) is 0 Å². The minimum Gasteiger partial charge on any atom is -0.383 e. The molecule has 4 nitrogen and oxygen atoms in total. The van der Waals surface area contributed by atoms with Crippen LogP contribution in [-0.4, -0.2) is 14.8 Å². The van der Waals surface area contributed by atoms with Crippen LogP contribution in [0.25, 0.3) is 11.1 Å². The van der Waals surface area contributed by atoms with Crippen molar-refractivity contribution in [1.82, 2.24) is 14.8 Å². The number of nitrogen functional groups attached to an aromatic ring is 1. The Hall–Kier alpha value is -1.84. The zero-order valence-electron chi connectivity index (χ0n) is 9.15. The fourth-order valence-electron chi connectivity index (χ4n) is 1.62. The highest BCUT2D eigenvalue weighted by molar-refractivity contribution is 5.66. The molecule has 0 spiro atoms. The van der Waals surface area contributed by atoms with Gasteiger partial charge in [-0.25, -0.2) is 4.98 Å². The molecular formula is C11H14N4. The lowest BCUT2D eigenvalue weighted by atomic mass is 10.1. The van der Waals surface area contributed by atoms with Crippen molar-refractivity contribution < 1.29 is 0 Å². The van der Waals surface area contributed by atoms with Gasteiger partial charge in [0, 0.05) is 30.6 Å². The number of anilines is 1. The number of hydrogen-bond acceptors (Lipinski definition) is 3. The van der Waals surface area contributed by atoms with Crippen LogP contribution in [0.4, 0.5) is 5.82 Å². The first-order valence-electron chi connectivity index (χ1n) is 4.80. The molecule has 0 aromatic carbocycles. The molecule has 78 valence electrons. The van der Waals surface area contributed by atoms with E-state index in [1.165, 1.54) is 0 Å². The van der Waals surface area contributed by atoms with E-state index in [0.29, 0.717) is 5.82 Å². The van der Waals surface area contributed by atoms with Crippen molar-refractivity contribution in [3.05, 3.63) is 29.7 Å². The van der Waals surface area contributed by atoms with Gasteiger partial charge in [-0.15, -0.1) is 0 Å². The SMILES string of the molecule is Cc1cc(-c2cn(C)nc2C)cnc1N. The summed E-state index contributed by atoms with van der Waals surface area (Å²) in [7, 11) is 1.91. The predicted molar refractivity (Wildman–Crippen MR) is 60.3 cm³/mol. The highest BCUT2D eigenvalue weighted by Crippen LogP contribution is 2.23. The minimum absolute atomic E-state index is 0.584. The van der Waals surface area contributed by atoms with E-state index >= 15 is 0 Å². The van der Waals surface area contributed by atoms with Crippen molar-refractivity contribution in [2.24, 2.45) is 7.05 Å². The monoisotopic (exact) mass is 202 g/mol. The quantitative estimate of drug-likeness (QED) is 0.765. The van der Waals surface area contributed by atoms with E-state index in [1.54, 1.807) is 10.9 Å². The maximum Gasteiger partial charge on any atom is 0.126 e. The van der Waals surface area contributed by atoms with Gasteiger partial charge >= 0.3 is 0 Å². The van der Waals surface area contributed by atoms with Crippen LogP contribution in [0.5, 0.6) is 0 Å². The summed E-state index contributed by atoms with van der Waals surface area (Å²) in [5.74, 6) is 0.584. The number of nitrogens with zero attached hydrogens (tertiary/aromatic N) is 3. The van der Waals surface area contributed by atoms with Gasteiger partial charge in [0.2, 0.25) is 0 Å². The molecule has 15 heavy (non-hydrogen) atoms. The summed E-state index contributed by atoms with van der Waals surface area (Å²) < 4.78 is 1.80. The average molecular weight is 202 g/mol. The highest BCUT2D eigenvalue weighted by Gasteiger charge is 2.07. The third-order valence-electron chi connectivity index (χ3n) is 2.44. The van der Waals surface area contributed by atoms with Crippen molar-refractivity contribution in [3.63, 3.8) is 0 Å². The Bertz CT molecular complexity index is 499. The predicted octanol–water partition coefficient (Wildman–Crippen LogP) is 1.68. The lowest BCUT2D eigenvalue weighted by Crippen LogP contribution is -1.94. The van der Waals surface area contributed by atoms with E-state index in [4.69, 9.17) is 5.73 Å². The van der Waals surface area contributed by atoms with E-state index in [9.17, 15) is 0 Å². The standard InChI is InChI=1S/C11H14N4/c1-7-4-9(5-13-11(7)12)10-6-15(3)14-8(10)2/h4-6H,1-3H3,(H2,12,13). The third kappa shape index (κ3) is 1.70. The van der Waals surface area contributed by atoms with Gasteiger partial charge in [0.25, 0.3) is 0 Å². The van der Waals surface area contributed by atoms with E-state index in [0.717, 1.165) is 22.4 Å². The van der Waals surface area contributed by atoms with Crippen LogP contribution in [0.1, 0.15) is 11.3 Å². The van der Waals surface area contributed by atoms with E-state index in [-0.39, 0.29) is 0 Å². The van der Waals surface area contributed by atoms with Crippen LogP contribution in [0.15, 0.2) is 18.5 Å². The second-order valence-electron chi connectivity index (χ2n) is 3.73. The number of nitrogens with two attached hydrogens (primary N) is 1. The Morgan fingerprint density at radius 1 is 1.33 bits per heavy atom. The Kier molecular flexibility index (Phi) is 2.19. The third-order valence-corrected chi connectivity index (χ3v) is 2.44. The van der Waals surface area contributed by atoms with Gasteiger partial charge in [0.1, 0.15) is 5.82 Å². The molecule has 0 saturated heterocycles. The molecule has 0 saturated carbocycles. The summed E-state index contributed by atoms with van der Waals surface area (Å²) in [6.45, 7) is 3.94. The lowest BCUT2D eigenvalue weighted by Gasteiger charge is -2.02. The van der Waals surface area contributed by atoms with E-state index < -0.39 is 0 Å². The van der Waals surface area contributed by atoms with Gasteiger partial charge in [-0.1, -0.05) is 0 Å². The summed E-state index contributed by atoms with van der Waals surface area (Å²) in [5.41, 5.74) is 9.84. The molecule has 2 aromatic heterocycles. The van der Waals surface area contributed by atoms with Gasteiger partial charge in [-0.2, -0.15) is 5.10 Å². The molecule has 0 aliphatic rings. The first kappa shape index (κ1) is 9.71. The van der Waals surface area contributed by atoms with Gasteiger partial charge in [0.05, 0.1) is 5.69 Å². The van der Waals surface area contributed by atoms with E-state index in [2.05, 4.69) is 10.1 Å². The molecule has 0 aliphatic heterocycles. The van der Waals surface area contributed by atoms with E-state index in [1.807, 2.05) is 33.2 Å². The number of hydrogen-bond donors (Lipinski definition) is 1. The largest absolute Gasteiger partial charge is 0.383 e. The van der Waals surface area contributed by atoms with Crippen molar-refractivity contribution >= 4 is 5.82 Å². The van der Waals surface area contributed by atoms with Crippen molar-refractivity contribution in [2.75, 3.05) is 5.73 Å². The van der Waals surface area contributed by atoms with Crippen LogP contribution in [0.3, 0.4) is 0 Å². The first-order chi connectivity index (χ1) is 7.08. The Labute approximate surface area is 88.8 Å². The maximum atomic E-state index is 5.68. The second kappa shape index (κ2) is 3.38. The maximum absolute atomic E-state index is 5.68. The summed E-state index contributed by atoms with van der Waals surface area (Å²) in [6, 6.07) is 2.03. The Morgan fingerprint density at radius 3 is 2.60 bits per heavy atom. The number of aromatic nitrogens is 3. The van der Waals surface area contributed by atoms with Gasteiger partial charge in [0.15, 0.2) is 0 Å². The molecule has 2 heterocycles. The van der Waals surface area contributed by atoms with Gasteiger partial charge < -0.3 is 5.73 Å². The highest BCUT2D eigenvalue weighted by atomic mass is 15.2. The molecule has 2 aromatic rings. The topological polar surface area (TPSA) is 56.7 Å². The second-order valence-corrected chi connectivity index (χ2v) is 3.73. The first-order valence-corrected chi connectivity index (χ1v) is 4.80. The smallest absolute Gasteiger partial charge is 0.126 e. The van der Waals surface area contributed by atoms with Crippen molar-refractivity contribution in [3.8, 4) is 11.1 Å². The van der Waals surface area contributed by atoms with Crippen LogP contribution in [0, 0.1) is 13.8 Å². The zero-order valence-corrected chi connectivity index (χ0v) is 9.15. The summed E-state index contributed by atoms with van der Waals surface area (Å²) in [4.78, 5) is 4.15. The number of rotatable bonds is 1. The number of aryl methyl sites for hydroxylation is 3. The normalized spacial score (nSPS) is 10.6. The molecule has 0 radical (unpaired) electrons. The Balaban J connectivity index is 2.54. The fourth-order valence-corrected chi connectivity index (χ4v) is 1.62. The molecule has 0 fully saturated rings. The molecule has 0 atom stereocenters. The molecule has 0 amide bonds. The van der Waals surface area contributed by atoms with Crippen molar-refractivity contribution in [2.45, 2.75) is 13.8 Å². The fraction of sp³-hybridized carbons (Fsp3) is 0.273. The minimum atomic E-state index is 0.584. The molecule has 0 aliphatic carbocycles. The van der Waals surface area contributed by atoms with Crippen LogP contribution in [-0.2, 0) is 7.05 Å². The molecular weight excluding hydrogens is 188 g/mol. The average Bonchev–Trinajstić information content (AvgIpc) is 2.50. The summed E-state index contributed by atoms with van der Waals surface area (Å²) in [6.07, 6.45) is 3.77. The van der Waals surface area contributed by atoms with Crippen LogP contribution in [0.2, 0.25) is 0 Å². The lowest BCUT2D eigenvalue weighted by molar-refractivity contribution is 0.756. The van der Waals surface area contributed by atoms with Crippen LogP contribution >= 0.6 is 0 Å². The van der Waals surface area contributed by atoms with Gasteiger partial charge in [-0.3, -0.25) is 4.68 Å². The molecule has 0 bridgehead atoms. The Morgan fingerprint density at radius 2 is 2.07 bits per heavy atom. The summed E-state index contributed by atoms with van der Waals surface area (Å²) >= 11 is 0. The molecule has 0 unspecified atom stereocenters. The molecule has 4 heteroatoms. The molecule has 2 rings (SSSR count). The molecule has 2 N–H and O–H groups in total. The van der Waals surface area contributed by atoms with Crippen LogP contribution < -0.4 is 5.73 Å². The summed E-state index contributed by atoms with van der Waals surface area (Å²) in [5, 5.41) is 4.30. The zero-order chi connectivity index (χ0) is 11.0. The van der Waals surface area contributed by atoms with Gasteiger partial charge in [-0.05, 0) is 25.5 Å².